The fourth-order valence-electron chi connectivity index (χ4n) is 3.62. The molecule has 4 rings (SSSR count). The first-order chi connectivity index (χ1) is 15.6. The molecule has 2 heterocycles. The Morgan fingerprint density at radius 3 is 2.94 bits per heavy atom. The van der Waals surface area contributed by atoms with Crippen molar-refractivity contribution in [1.29, 1.82) is 0 Å². The maximum atomic E-state index is 12.9. The summed E-state index contributed by atoms with van der Waals surface area (Å²) in [5.41, 5.74) is 2.74. The predicted octanol–water partition coefficient (Wildman–Crippen LogP) is 2.26. The van der Waals surface area contributed by atoms with Gasteiger partial charge in [0.05, 0.1) is 17.6 Å². The number of aromatic nitrogens is 2. The fraction of sp³-hybridized carbons (Fsp3) is 0.318. The predicted molar refractivity (Wildman–Crippen MR) is 124 cm³/mol. The monoisotopic (exact) mass is 455 g/mol. The van der Waals surface area contributed by atoms with Crippen molar-refractivity contribution < 1.29 is 19.4 Å². The molecular weight excluding hydrogens is 430 g/mol. The number of aliphatic hydroxyl groups excluding tert-OH is 1. The summed E-state index contributed by atoms with van der Waals surface area (Å²) in [5.74, 6) is 0.0337. The SMILES string of the molecule is CNSc1cccc(C(=O)Nc2nc3cc(N4CCOCC4=O)ccc3n2CCCO)c1. The Kier molecular flexibility index (Phi) is 7.05. The number of ether oxygens (including phenoxy) is 1. The van der Waals surface area contributed by atoms with Crippen molar-refractivity contribution in [1.82, 2.24) is 14.3 Å². The Bertz CT molecular complexity index is 1130. The Hall–Kier alpha value is -2.92. The van der Waals surface area contributed by atoms with E-state index in [1.807, 2.05) is 41.9 Å². The molecule has 3 N–H and O–H groups in total. The average molecular weight is 456 g/mol. The number of benzene rings is 2. The molecular formula is C22H25N5O4S. The zero-order valence-corrected chi connectivity index (χ0v) is 18.5. The van der Waals surface area contributed by atoms with Crippen LogP contribution in [0.2, 0.25) is 0 Å². The van der Waals surface area contributed by atoms with Gasteiger partial charge >= 0.3 is 0 Å². The van der Waals surface area contributed by atoms with Gasteiger partial charge in [-0.1, -0.05) is 6.07 Å². The highest BCUT2D eigenvalue weighted by Crippen LogP contribution is 2.27. The maximum Gasteiger partial charge on any atom is 0.258 e. The van der Waals surface area contributed by atoms with Gasteiger partial charge in [-0.05, 0) is 61.8 Å². The topological polar surface area (TPSA) is 109 Å². The number of anilines is 2. The van der Waals surface area contributed by atoms with Crippen LogP contribution in [0.25, 0.3) is 11.0 Å². The lowest BCUT2D eigenvalue weighted by Crippen LogP contribution is -2.41. The summed E-state index contributed by atoms with van der Waals surface area (Å²) in [6.07, 6.45) is 0.520. The van der Waals surface area contributed by atoms with Crippen LogP contribution in [0.1, 0.15) is 16.8 Å². The van der Waals surface area contributed by atoms with E-state index in [-0.39, 0.29) is 25.0 Å². The van der Waals surface area contributed by atoms with E-state index in [1.165, 1.54) is 11.9 Å². The molecule has 0 saturated carbocycles. The van der Waals surface area contributed by atoms with Gasteiger partial charge in [-0.3, -0.25) is 19.6 Å². The van der Waals surface area contributed by atoms with E-state index in [1.54, 1.807) is 17.0 Å². The zero-order valence-electron chi connectivity index (χ0n) is 17.7. The van der Waals surface area contributed by atoms with Crippen LogP contribution in [0.5, 0.6) is 0 Å². The van der Waals surface area contributed by atoms with E-state index in [0.717, 1.165) is 16.1 Å². The first-order valence-electron chi connectivity index (χ1n) is 10.3. The van der Waals surface area contributed by atoms with Crippen LogP contribution in [0.3, 0.4) is 0 Å². The first-order valence-corrected chi connectivity index (χ1v) is 11.2. The summed E-state index contributed by atoms with van der Waals surface area (Å²) in [4.78, 5) is 32.4. The molecule has 0 spiro atoms. The molecule has 9 nitrogen and oxygen atoms in total. The first kappa shape index (κ1) is 22.3. The molecule has 1 fully saturated rings. The third-order valence-electron chi connectivity index (χ3n) is 5.11. The number of fused-ring (bicyclic) bond motifs is 1. The second-order valence-electron chi connectivity index (χ2n) is 7.22. The number of morpholine rings is 1. The molecule has 0 atom stereocenters. The molecule has 10 heteroatoms. The van der Waals surface area contributed by atoms with Crippen molar-refractivity contribution in [2.45, 2.75) is 17.9 Å². The summed E-state index contributed by atoms with van der Waals surface area (Å²) < 4.78 is 10.1. The van der Waals surface area contributed by atoms with Gasteiger partial charge in [-0.15, -0.1) is 0 Å². The van der Waals surface area contributed by atoms with Crippen molar-refractivity contribution >= 4 is 46.4 Å². The Labute approximate surface area is 189 Å². The number of hydrogen-bond acceptors (Lipinski definition) is 7. The lowest BCUT2D eigenvalue weighted by Gasteiger charge is -2.26. The lowest BCUT2D eigenvalue weighted by atomic mass is 10.2. The average Bonchev–Trinajstić information content (AvgIpc) is 3.14. The number of hydrogen-bond donors (Lipinski definition) is 3. The highest BCUT2D eigenvalue weighted by Gasteiger charge is 2.22. The molecule has 1 aliphatic heterocycles. The minimum Gasteiger partial charge on any atom is -0.396 e. The van der Waals surface area contributed by atoms with E-state index in [0.29, 0.717) is 43.1 Å². The number of aryl methyl sites for hydroxylation is 1. The summed E-state index contributed by atoms with van der Waals surface area (Å²) in [7, 11) is 1.82. The Morgan fingerprint density at radius 1 is 1.28 bits per heavy atom. The van der Waals surface area contributed by atoms with Gasteiger partial charge in [0.15, 0.2) is 0 Å². The van der Waals surface area contributed by atoms with Gasteiger partial charge in [0.2, 0.25) is 5.95 Å². The van der Waals surface area contributed by atoms with Gasteiger partial charge in [0, 0.05) is 35.8 Å². The van der Waals surface area contributed by atoms with Crippen LogP contribution in [0.15, 0.2) is 47.4 Å². The quantitative estimate of drug-likeness (QED) is 0.447. The third kappa shape index (κ3) is 4.78. The summed E-state index contributed by atoms with van der Waals surface area (Å²) in [6.45, 7) is 1.56. The summed E-state index contributed by atoms with van der Waals surface area (Å²) in [6, 6.07) is 12.9. The van der Waals surface area contributed by atoms with Crippen LogP contribution in [0.4, 0.5) is 11.6 Å². The molecule has 0 aliphatic carbocycles. The molecule has 0 radical (unpaired) electrons. The second kappa shape index (κ2) is 10.1. The van der Waals surface area contributed by atoms with Crippen LogP contribution >= 0.6 is 11.9 Å². The third-order valence-corrected chi connectivity index (χ3v) is 5.80. The number of nitrogens with one attached hydrogen (secondary N) is 2. The van der Waals surface area contributed by atoms with Crippen molar-refractivity contribution in [2.75, 3.05) is 43.6 Å². The number of aliphatic hydroxyl groups is 1. The fourth-order valence-corrected chi connectivity index (χ4v) is 4.19. The van der Waals surface area contributed by atoms with Gasteiger partial charge in [0.1, 0.15) is 6.61 Å². The molecule has 3 aromatic rings. The largest absolute Gasteiger partial charge is 0.396 e. The van der Waals surface area contributed by atoms with E-state index in [4.69, 9.17) is 4.74 Å². The highest BCUT2D eigenvalue weighted by atomic mass is 32.2. The van der Waals surface area contributed by atoms with Crippen molar-refractivity contribution in [3.05, 3.63) is 48.0 Å². The number of imidazole rings is 1. The molecule has 32 heavy (non-hydrogen) atoms. The number of carbonyl (C=O) groups is 2. The lowest BCUT2D eigenvalue weighted by molar-refractivity contribution is -0.125. The van der Waals surface area contributed by atoms with Gasteiger partial charge < -0.3 is 19.3 Å². The molecule has 2 aromatic carbocycles. The highest BCUT2D eigenvalue weighted by molar-refractivity contribution is 7.97. The van der Waals surface area contributed by atoms with Crippen LogP contribution < -0.4 is 14.9 Å². The molecule has 1 saturated heterocycles. The number of nitrogens with zero attached hydrogens (tertiary/aromatic N) is 3. The minimum absolute atomic E-state index is 0.0245. The Balaban J connectivity index is 1.65. The summed E-state index contributed by atoms with van der Waals surface area (Å²) in [5, 5.41) is 12.2. The standard InChI is InChI=1S/C22H25N5O4S/c1-23-32-17-5-2-4-15(12-17)21(30)25-22-24-18-13-16(26-9-11-31-14-20(26)29)6-7-19(18)27(22)8-3-10-28/h2,4-7,12-13,23,28H,3,8-11,14H2,1H3,(H,24,25,30). The van der Waals surface area contributed by atoms with E-state index >= 15 is 0 Å². The van der Waals surface area contributed by atoms with E-state index < -0.39 is 0 Å². The summed E-state index contributed by atoms with van der Waals surface area (Å²) >= 11 is 1.43. The van der Waals surface area contributed by atoms with Gasteiger partial charge in [-0.25, -0.2) is 4.98 Å². The second-order valence-corrected chi connectivity index (χ2v) is 8.31. The van der Waals surface area contributed by atoms with Crippen molar-refractivity contribution in [3.8, 4) is 0 Å². The Morgan fingerprint density at radius 2 is 2.16 bits per heavy atom. The normalized spacial score (nSPS) is 14.2. The van der Waals surface area contributed by atoms with Gasteiger partial charge in [-0.2, -0.15) is 0 Å². The zero-order chi connectivity index (χ0) is 22.5. The van der Waals surface area contributed by atoms with Gasteiger partial charge in [0.25, 0.3) is 11.8 Å². The molecule has 1 aromatic heterocycles. The molecule has 0 bridgehead atoms. The van der Waals surface area contributed by atoms with E-state index in [2.05, 4.69) is 15.0 Å². The minimum atomic E-state index is -0.271. The molecule has 0 unspecified atom stereocenters. The van der Waals surface area contributed by atoms with Crippen LogP contribution in [-0.2, 0) is 16.1 Å². The molecule has 168 valence electrons. The van der Waals surface area contributed by atoms with Crippen molar-refractivity contribution in [2.24, 2.45) is 0 Å². The maximum absolute atomic E-state index is 12.9. The number of rotatable bonds is 8. The molecule has 2 amide bonds. The molecule has 1 aliphatic rings. The number of amides is 2. The van der Waals surface area contributed by atoms with Crippen LogP contribution in [0, 0.1) is 0 Å². The van der Waals surface area contributed by atoms with Crippen LogP contribution in [-0.4, -0.2) is 59.9 Å². The van der Waals surface area contributed by atoms with Crippen molar-refractivity contribution in [3.63, 3.8) is 0 Å². The number of carbonyl (C=O) groups excluding carboxylic acids is 2. The van der Waals surface area contributed by atoms with E-state index in [9.17, 15) is 14.7 Å². The smallest absolute Gasteiger partial charge is 0.258 e.